The van der Waals surface area contributed by atoms with Gasteiger partial charge in [-0.3, -0.25) is 9.59 Å². The Morgan fingerprint density at radius 3 is 2.57 bits per heavy atom. The first-order chi connectivity index (χ1) is 14.5. The molecule has 0 saturated carbocycles. The molecule has 0 aliphatic carbocycles. The quantitative estimate of drug-likeness (QED) is 0.693. The van der Waals surface area contributed by atoms with Crippen molar-refractivity contribution < 1.29 is 19.1 Å². The van der Waals surface area contributed by atoms with Crippen LogP contribution in [0.25, 0.3) is 0 Å². The maximum absolute atomic E-state index is 13.0. The van der Waals surface area contributed by atoms with E-state index in [1.165, 1.54) is 0 Å². The highest BCUT2D eigenvalue weighted by atomic mass is 35.5. The molecule has 1 fully saturated rings. The third-order valence-electron chi connectivity index (χ3n) is 5.55. The Morgan fingerprint density at radius 2 is 1.80 bits per heavy atom. The number of nitrogens with zero attached hydrogens (tertiary/aromatic N) is 2. The van der Waals surface area contributed by atoms with Gasteiger partial charge in [0.15, 0.2) is 6.10 Å². The Bertz CT molecular complexity index is 1010. The van der Waals surface area contributed by atoms with Crippen molar-refractivity contribution >= 4 is 40.8 Å². The number of fused-ring (bicyclic) bond motifs is 1. The minimum Gasteiger partial charge on any atom is -0.449 e. The molecule has 2 heterocycles. The van der Waals surface area contributed by atoms with E-state index in [1.54, 1.807) is 34.9 Å². The van der Waals surface area contributed by atoms with E-state index in [2.05, 4.69) is 0 Å². The number of rotatable bonds is 4. The SMILES string of the molecule is CC(OC(=O)c1ccc(Cl)c(N2CCCC2=O)c1)C(=O)N1CCCc2ccccc21. The second-order valence-electron chi connectivity index (χ2n) is 7.58. The van der Waals surface area contributed by atoms with E-state index in [-0.39, 0.29) is 17.4 Å². The Balaban J connectivity index is 1.49. The molecule has 6 nitrogen and oxygen atoms in total. The number of carbonyl (C=O) groups is 3. The van der Waals surface area contributed by atoms with Crippen molar-refractivity contribution in [2.24, 2.45) is 0 Å². The predicted octanol–water partition coefficient (Wildman–Crippen LogP) is 3.99. The predicted molar refractivity (Wildman–Crippen MR) is 115 cm³/mol. The average Bonchev–Trinajstić information content (AvgIpc) is 3.18. The fourth-order valence-electron chi connectivity index (χ4n) is 4.01. The maximum Gasteiger partial charge on any atom is 0.338 e. The Kier molecular flexibility index (Phi) is 5.77. The number of carbonyl (C=O) groups excluding carboxylic acids is 3. The van der Waals surface area contributed by atoms with Crippen LogP contribution in [0.1, 0.15) is 42.1 Å². The van der Waals surface area contributed by atoms with Gasteiger partial charge in [-0.15, -0.1) is 0 Å². The number of hydrogen-bond donors (Lipinski definition) is 0. The van der Waals surface area contributed by atoms with E-state index in [9.17, 15) is 14.4 Å². The molecule has 2 aliphatic rings. The van der Waals surface area contributed by atoms with Crippen molar-refractivity contribution in [2.45, 2.75) is 38.7 Å². The van der Waals surface area contributed by atoms with Gasteiger partial charge in [-0.05, 0) is 56.0 Å². The molecule has 2 aliphatic heterocycles. The van der Waals surface area contributed by atoms with Crippen molar-refractivity contribution in [3.63, 3.8) is 0 Å². The number of anilines is 2. The van der Waals surface area contributed by atoms with Crippen molar-refractivity contribution in [3.8, 4) is 0 Å². The summed E-state index contributed by atoms with van der Waals surface area (Å²) in [5.74, 6) is -0.889. The van der Waals surface area contributed by atoms with E-state index < -0.39 is 12.1 Å². The van der Waals surface area contributed by atoms with E-state index in [1.807, 2.05) is 24.3 Å². The molecule has 0 spiro atoms. The molecule has 7 heteroatoms. The van der Waals surface area contributed by atoms with Crippen LogP contribution >= 0.6 is 11.6 Å². The van der Waals surface area contributed by atoms with Crippen LogP contribution < -0.4 is 9.80 Å². The lowest BCUT2D eigenvalue weighted by atomic mass is 10.0. The summed E-state index contributed by atoms with van der Waals surface area (Å²) in [6.07, 6.45) is 2.09. The second-order valence-corrected chi connectivity index (χ2v) is 7.99. The molecule has 1 atom stereocenters. The largest absolute Gasteiger partial charge is 0.449 e. The molecule has 2 aromatic carbocycles. The zero-order valence-electron chi connectivity index (χ0n) is 16.8. The summed E-state index contributed by atoms with van der Waals surface area (Å²) in [6.45, 7) is 2.75. The summed E-state index contributed by atoms with van der Waals surface area (Å²) < 4.78 is 5.47. The highest BCUT2D eigenvalue weighted by Crippen LogP contribution is 2.31. The Morgan fingerprint density at radius 1 is 1.03 bits per heavy atom. The molecule has 4 rings (SSSR count). The molecule has 1 saturated heterocycles. The van der Waals surface area contributed by atoms with Gasteiger partial charge in [0, 0.05) is 25.2 Å². The van der Waals surface area contributed by atoms with E-state index in [4.69, 9.17) is 16.3 Å². The van der Waals surface area contributed by atoms with Gasteiger partial charge in [0.05, 0.1) is 16.3 Å². The van der Waals surface area contributed by atoms with Crippen molar-refractivity contribution in [1.82, 2.24) is 0 Å². The lowest BCUT2D eigenvalue weighted by Crippen LogP contribution is -2.42. The standard InChI is InChI=1S/C23H23ClN2O4/c1-15(22(28)26-13-4-7-16-6-2-3-8-19(16)26)30-23(29)17-10-11-18(24)20(14-17)25-12-5-9-21(25)27/h2-3,6,8,10-11,14-15H,4-5,7,9,12-13H2,1H3. The van der Waals surface area contributed by atoms with E-state index in [0.29, 0.717) is 30.2 Å². The topological polar surface area (TPSA) is 66.9 Å². The first-order valence-electron chi connectivity index (χ1n) is 10.2. The molecule has 2 aromatic rings. The number of ether oxygens (including phenoxy) is 1. The fraction of sp³-hybridized carbons (Fsp3) is 0.348. The summed E-state index contributed by atoms with van der Waals surface area (Å²) >= 11 is 6.25. The van der Waals surface area contributed by atoms with E-state index in [0.717, 1.165) is 30.5 Å². The third-order valence-corrected chi connectivity index (χ3v) is 5.87. The number of para-hydroxylation sites is 1. The van der Waals surface area contributed by atoms with E-state index >= 15 is 0 Å². The van der Waals surface area contributed by atoms with Crippen LogP contribution in [0.3, 0.4) is 0 Å². The highest BCUT2D eigenvalue weighted by molar-refractivity contribution is 6.34. The van der Waals surface area contributed by atoms with Gasteiger partial charge in [-0.2, -0.15) is 0 Å². The van der Waals surface area contributed by atoms with Crippen molar-refractivity contribution in [3.05, 3.63) is 58.6 Å². The van der Waals surface area contributed by atoms with Gasteiger partial charge in [-0.25, -0.2) is 4.79 Å². The zero-order valence-corrected chi connectivity index (χ0v) is 17.5. The fourth-order valence-corrected chi connectivity index (χ4v) is 4.23. The number of amides is 2. The molecule has 30 heavy (non-hydrogen) atoms. The van der Waals surface area contributed by atoms with Crippen LogP contribution in [0.2, 0.25) is 5.02 Å². The molecular formula is C23H23ClN2O4. The number of esters is 1. The zero-order chi connectivity index (χ0) is 21.3. The monoisotopic (exact) mass is 426 g/mol. The van der Waals surface area contributed by atoms with Crippen LogP contribution in [-0.2, 0) is 20.7 Å². The molecular weight excluding hydrogens is 404 g/mol. The third kappa shape index (κ3) is 3.92. The number of aryl methyl sites for hydroxylation is 1. The van der Waals surface area contributed by atoms with Gasteiger partial charge < -0.3 is 14.5 Å². The van der Waals surface area contributed by atoms with Crippen LogP contribution in [0, 0.1) is 0 Å². The summed E-state index contributed by atoms with van der Waals surface area (Å²) in [7, 11) is 0. The van der Waals surface area contributed by atoms with Crippen LogP contribution in [0.4, 0.5) is 11.4 Å². The highest BCUT2D eigenvalue weighted by Gasteiger charge is 2.29. The number of hydrogen-bond acceptors (Lipinski definition) is 4. The molecule has 0 N–H and O–H groups in total. The number of halogens is 1. The minimum atomic E-state index is -0.934. The van der Waals surface area contributed by atoms with Gasteiger partial charge in [0.2, 0.25) is 5.91 Å². The second kappa shape index (κ2) is 8.48. The van der Waals surface area contributed by atoms with Gasteiger partial charge in [0.25, 0.3) is 5.91 Å². The molecule has 156 valence electrons. The summed E-state index contributed by atoms with van der Waals surface area (Å²) in [5.41, 5.74) is 2.75. The lowest BCUT2D eigenvalue weighted by molar-refractivity contribution is -0.126. The molecule has 1 unspecified atom stereocenters. The van der Waals surface area contributed by atoms with Crippen molar-refractivity contribution in [2.75, 3.05) is 22.9 Å². The molecule has 0 bridgehead atoms. The lowest BCUT2D eigenvalue weighted by Gasteiger charge is -2.31. The molecule has 0 aromatic heterocycles. The van der Waals surface area contributed by atoms with Crippen LogP contribution in [-0.4, -0.2) is 37.0 Å². The van der Waals surface area contributed by atoms with Crippen LogP contribution in [0.5, 0.6) is 0 Å². The Hall–Kier alpha value is -2.86. The van der Waals surface area contributed by atoms with Crippen molar-refractivity contribution in [1.29, 1.82) is 0 Å². The molecule has 0 radical (unpaired) electrons. The van der Waals surface area contributed by atoms with Gasteiger partial charge in [0.1, 0.15) is 0 Å². The molecule has 2 amide bonds. The summed E-state index contributed by atoms with van der Waals surface area (Å²) in [6, 6.07) is 12.5. The van der Waals surface area contributed by atoms with Gasteiger partial charge in [-0.1, -0.05) is 29.8 Å². The smallest absolute Gasteiger partial charge is 0.338 e. The average molecular weight is 427 g/mol. The summed E-state index contributed by atoms with van der Waals surface area (Å²) in [4.78, 5) is 41.0. The normalized spacial score (nSPS) is 16.9. The first kappa shape index (κ1) is 20.4. The Labute approximate surface area is 180 Å². The number of benzene rings is 2. The van der Waals surface area contributed by atoms with Gasteiger partial charge >= 0.3 is 5.97 Å². The maximum atomic E-state index is 13.0. The van der Waals surface area contributed by atoms with Crippen LogP contribution in [0.15, 0.2) is 42.5 Å². The first-order valence-corrected chi connectivity index (χ1v) is 10.5. The summed E-state index contributed by atoms with van der Waals surface area (Å²) in [5, 5.41) is 0.399. The minimum absolute atomic E-state index is 0.0188.